The summed E-state index contributed by atoms with van der Waals surface area (Å²) in [5.74, 6) is 1.43. The van der Waals surface area contributed by atoms with E-state index in [2.05, 4.69) is 12.2 Å². The van der Waals surface area contributed by atoms with Crippen LogP contribution in [0.15, 0.2) is 18.2 Å². The average molecular weight is 438 g/mol. The van der Waals surface area contributed by atoms with Gasteiger partial charge in [-0.2, -0.15) is 0 Å². The van der Waals surface area contributed by atoms with Crippen LogP contribution in [0, 0.1) is 5.92 Å². The van der Waals surface area contributed by atoms with Crippen LogP contribution in [0.5, 0.6) is 11.5 Å². The van der Waals surface area contributed by atoms with Crippen molar-refractivity contribution in [1.82, 2.24) is 5.32 Å². The van der Waals surface area contributed by atoms with E-state index in [1.807, 2.05) is 6.07 Å². The first-order valence-corrected chi connectivity index (χ1v) is 11.6. The number of ether oxygens (including phenoxy) is 2. The van der Waals surface area contributed by atoms with Gasteiger partial charge in [0.2, 0.25) is 5.91 Å². The molecular formula is C25H40FNO4. The van der Waals surface area contributed by atoms with Crippen molar-refractivity contribution in [3.8, 4) is 11.5 Å². The number of alkyl halides is 1. The molecule has 2 N–H and O–H groups in total. The Hall–Kier alpha value is -1.82. The number of unbranched alkanes of at least 4 members (excludes halogenated alkanes) is 4. The number of amides is 1. The lowest BCUT2D eigenvalue weighted by atomic mass is 9.91. The topological polar surface area (TPSA) is 67.8 Å². The number of aliphatic hydroxyl groups is 1. The normalized spacial score (nSPS) is 21.8. The second-order valence-corrected chi connectivity index (χ2v) is 8.70. The van der Waals surface area contributed by atoms with Crippen LogP contribution in [-0.2, 0) is 4.79 Å². The molecule has 1 aromatic rings. The Morgan fingerprint density at radius 3 is 2.61 bits per heavy atom. The minimum Gasteiger partial charge on any atom is -0.486 e. The summed E-state index contributed by atoms with van der Waals surface area (Å²) < 4.78 is 24.9. The standard InChI is InChI=1S/C24H36FNO4.CH4/c1-2-3-4-5-6-7-23(27)26-20(15-17-8-10-19(25)14-17)24(28)18-9-11-21-22(16-18)30-13-12-29-21;/h9,11,16-17,19-20,24,28H,2-8,10,12-15H2,1H3,(H,26,27);1H4/t17?,19-,20-,24-;/m1./s1. The molecule has 0 aromatic heterocycles. The highest BCUT2D eigenvalue weighted by Crippen LogP contribution is 2.36. The maximum atomic E-state index is 13.7. The third-order valence-corrected chi connectivity index (χ3v) is 6.21. The Kier molecular flexibility index (Phi) is 10.6. The van der Waals surface area contributed by atoms with Crippen LogP contribution in [0.25, 0.3) is 0 Å². The highest BCUT2D eigenvalue weighted by Gasteiger charge is 2.31. The molecule has 1 aliphatic carbocycles. The zero-order valence-corrected chi connectivity index (χ0v) is 18.1. The zero-order valence-electron chi connectivity index (χ0n) is 18.1. The van der Waals surface area contributed by atoms with Gasteiger partial charge >= 0.3 is 0 Å². The van der Waals surface area contributed by atoms with E-state index in [4.69, 9.17) is 9.47 Å². The highest BCUT2D eigenvalue weighted by molar-refractivity contribution is 5.76. The number of carbonyl (C=O) groups is 1. The van der Waals surface area contributed by atoms with Gasteiger partial charge in [0.1, 0.15) is 19.4 Å². The Morgan fingerprint density at radius 1 is 1.16 bits per heavy atom. The molecular weight excluding hydrogens is 397 g/mol. The maximum Gasteiger partial charge on any atom is 0.220 e. The number of carbonyl (C=O) groups excluding carboxylic acids is 1. The third kappa shape index (κ3) is 7.67. The van der Waals surface area contributed by atoms with Gasteiger partial charge in [-0.1, -0.05) is 46.1 Å². The summed E-state index contributed by atoms with van der Waals surface area (Å²) in [4.78, 5) is 12.6. The molecule has 1 aliphatic heterocycles. The molecule has 6 heteroatoms. The Labute approximate surface area is 186 Å². The van der Waals surface area contributed by atoms with Crippen LogP contribution in [0.3, 0.4) is 0 Å². The number of benzene rings is 1. The van der Waals surface area contributed by atoms with Crippen molar-refractivity contribution >= 4 is 5.91 Å². The fourth-order valence-electron chi connectivity index (χ4n) is 4.50. The third-order valence-electron chi connectivity index (χ3n) is 6.21. The van der Waals surface area contributed by atoms with Gasteiger partial charge in [0.05, 0.1) is 12.1 Å². The molecule has 176 valence electrons. The first-order chi connectivity index (χ1) is 14.6. The number of nitrogens with one attached hydrogen (secondary N) is 1. The average Bonchev–Trinajstić information content (AvgIpc) is 3.17. The lowest BCUT2D eigenvalue weighted by Crippen LogP contribution is -2.40. The molecule has 1 aromatic carbocycles. The summed E-state index contributed by atoms with van der Waals surface area (Å²) in [5.41, 5.74) is 0.683. The number of aliphatic hydroxyl groups excluding tert-OH is 1. The number of hydrogen-bond donors (Lipinski definition) is 2. The largest absolute Gasteiger partial charge is 0.486 e. The fourth-order valence-corrected chi connectivity index (χ4v) is 4.50. The molecule has 1 unspecified atom stereocenters. The number of rotatable bonds is 11. The van der Waals surface area contributed by atoms with E-state index < -0.39 is 18.3 Å². The number of hydrogen-bond acceptors (Lipinski definition) is 4. The molecule has 1 saturated carbocycles. The molecule has 2 aliphatic rings. The highest BCUT2D eigenvalue weighted by atomic mass is 19.1. The summed E-state index contributed by atoms with van der Waals surface area (Å²) in [5, 5.41) is 14.1. The van der Waals surface area contributed by atoms with Crippen molar-refractivity contribution in [2.75, 3.05) is 13.2 Å². The van der Waals surface area contributed by atoms with Crippen molar-refractivity contribution in [2.45, 2.75) is 96.9 Å². The van der Waals surface area contributed by atoms with E-state index in [0.717, 1.165) is 25.7 Å². The molecule has 1 amide bonds. The first kappa shape index (κ1) is 25.4. The SMILES string of the molecule is C.CCCCCCCC(=O)N[C@H](CC1CC[C@@H](F)C1)[C@H](O)c1ccc2c(c1)OCCO2. The molecule has 4 atom stereocenters. The molecule has 3 rings (SSSR count). The van der Waals surface area contributed by atoms with Crippen LogP contribution >= 0.6 is 0 Å². The van der Waals surface area contributed by atoms with Crippen LogP contribution in [0.2, 0.25) is 0 Å². The van der Waals surface area contributed by atoms with E-state index in [0.29, 0.717) is 56.0 Å². The Morgan fingerprint density at radius 2 is 1.90 bits per heavy atom. The van der Waals surface area contributed by atoms with Gasteiger partial charge in [-0.05, 0) is 55.7 Å². The second-order valence-electron chi connectivity index (χ2n) is 8.70. The van der Waals surface area contributed by atoms with Gasteiger partial charge in [-0.25, -0.2) is 4.39 Å². The lowest BCUT2D eigenvalue weighted by Gasteiger charge is -2.28. The van der Waals surface area contributed by atoms with Crippen molar-refractivity contribution in [2.24, 2.45) is 5.92 Å². The quantitative estimate of drug-likeness (QED) is 0.449. The summed E-state index contributed by atoms with van der Waals surface area (Å²) in [6, 6.07) is 4.96. The maximum absolute atomic E-state index is 13.7. The van der Waals surface area contributed by atoms with Gasteiger partial charge < -0.3 is 19.9 Å². The molecule has 31 heavy (non-hydrogen) atoms. The van der Waals surface area contributed by atoms with Crippen LogP contribution in [0.1, 0.15) is 90.2 Å². The minimum absolute atomic E-state index is 0. The van der Waals surface area contributed by atoms with Gasteiger partial charge in [-0.3, -0.25) is 4.79 Å². The first-order valence-electron chi connectivity index (χ1n) is 11.6. The predicted octanol–water partition coefficient (Wildman–Crippen LogP) is 5.50. The van der Waals surface area contributed by atoms with Crippen LogP contribution < -0.4 is 14.8 Å². The minimum atomic E-state index is -0.872. The van der Waals surface area contributed by atoms with E-state index in [1.165, 1.54) is 12.8 Å². The second kappa shape index (κ2) is 12.9. The Bertz CT molecular complexity index is 683. The molecule has 1 fully saturated rings. The molecule has 5 nitrogen and oxygen atoms in total. The molecule has 0 spiro atoms. The summed E-state index contributed by atoms with van der Waals surface area (Å²) in [6.45, 7) is 3.16. The molecule has 0 saturated heterocycles. The Balaban J connectivity index is 0.00000341. The van der Waals surface area contributed by atoms with Crippen LogP contribution in [0.4, 0.5) is 4.39 Å². The van der Waals surface area contributed by atoms with Gasteiger partial charge in [0.15, 0.2) is 11.5 Å². The summed E-state index contributed by atoms with van der Waals surface area (Å²) in [6.07, 6.45) is 6.71. The number of halogens is 1. The van der Waals surface area contributed by atoms with E-state index in [1.54, 1.807) is 12.1 Å². The fraction of sp³-hybridized carbons (Fsp3) is 0.720. The monoisotopic (exact) mass is 437 g/mol. The van der Waals surface area contributed by atoms with E-state index >= 15 is 0 Å². The smallest absolute Gasteiger partial charge is 0.220 e. The van der Waals surface area contributed by atoms with Crippen molar-refractivity contribution in [3.63, 3.8) is 0 Å². The van der Waals surface area contributed by atoms with Crippen molar-refractivity contribution < 1.29 is 23.8 Å². The van der Waals surface area contributed by atoms with Crippen molar-refractivity contribution in [1.29, 1.82) is 0 Å². The van der Waals surface area contributed by atoms with E-state index in [9.17, 15) is 14.3 Å². The number of fused-ring (bicyclic) bond motifs is 1. The van der Waals surface area contributed by atoms with E-state index in [-0.39, 0.29) is 19.3 Å². The van der Waals surface area contributed by atoms with Crippen molar-refractivity contribution in [3.05, 3.63) is 23.8 Å². The summed E-state index contributed by atoms with van der Waals surface area (Å²) >= 11 is 0. The molecule has 1 heterocycles. The summed E-state index contributed by atoms with van der Waals surface area (Å²) in [7, 11) is 0. The van der Waals surface area contributed by atoms with Gasteiger partial charge in [-0.15, -0.1) is 0 Å². The molecule has 0 bridgehead atoms. The van der Waals surface area contributed by atoms with Gasteiger partial charge in [0.25, 0.3) is 0 Å². The van der Waals surface area contributed by atoms with Crippen LogP contribution in [-0.4, -0.2) is 36.4 Å². The lowest BCUT2D eigenvalue weighted by molar-refractivity contribution is -0.123. The predicted molar refractivity (Wildman–Crippen MR) is 121 cm³/mol. The molecule has 0 radical (unpaired) electrons. The zero-order chi connectivity index (χ0) is 21.3. The van der Waals surface area contributed by atoms with Gasteiger partial charge in [0, 0.05) is 6.42 Å².